The van der Waals surface area contributed by atoms with E-state index in [2.05, 4.69) is 49.6 Å². The lowest BCUT2D eigenvalue weighted by atomic mass is 10.0. The first-order valence-electron chi connectivity index (χ1n) is 6.86. The van der Waals surface area contributed by atoms with E-state index in [1.54, 1.807) is 0 Å². The number of para-hydroxylation sites is 1. The van der Waals surface area contributed by atoms with Crippen LogP contribution in [0.5, 0.6) is 0 Å². The fourth-order valence-electron chi connectivity index (χ4n) is 2.22. The van der Waals surface area contributed by atoms with Gasteiger partial charge >= 0.3 is 0 Å². The van der Waals surface area contributed by atoms with Gasteiger partial charge in [0.05, 0.1) is 16.8 Å². The van der Waals surface area contributed by atoms with E-state index in [4.69, 9.17) is 23.8 Å². The highest BCUT2D eigenvalue weighted by Gasteiger charge is 2.10. The molecule has 0 spiro atoms. The molecule has 2 rings (SSSR count). The molecule has 1 unspecified atom stereocenters. The van der Waals surface area contributed by atoms with Gasteiger partial charge in [0.2, 0.25) is 0 Å². The summed E-state index contributed by atoms with van der Waals surface area (Å²) in [4.78, 5) is 0. The van der Waals surface area contributed by atoms with E-state index in [9.17, 15) is 0 Å². The molecule has 2 N–H and O–H groups in total. The Labute approximate surface area is 136 Å². The van der Waals surface area contributed by atoms with Crippen molar-refractivity contribution < 1.29 is 0 Å². The van der Waals surface area contributed by atoms with Crippen LogP contribution in [-0.4, -0.2) is 5.11 Å². The Hall–Kier alpha value is -1.58. The number of nitrogens with one attached hydrogen (secondary N) is 2. The molecule has 0 saturated carbocycles. The second-order valence-corrected chi connectivity index (χ2v) is 5.98. The SMILES string of the molecule is Cc1ccc(C)c(C(C)NC(=S)Nc2ccccc2Cl)c1. The van der Waals surface area contributed by atoms with Crippen molar-refractivity contribution in [3.05, 3.63) is 64.2 Å². The summed E-state index contributed by atoms with van der Waals surface area (Å²) in [6.07, 6.45) is 0. The fourth-order valence-corrected chi connectivity index (χ4v) is 2.69. The van der Waals surface area contributed by atoms with Crippen LogP contribution in [0.1, 0.15) is 29.7 Å². The second kappa shape index (κ2) is 6.92. The van der Waals surface area contributed by atoms with Crippen LogP contribution in [-0.2, 0) is 0 Å². The number of halogens is 1. The van der Waals surface area contributed by atoms with Gasteiger partial charge in [-0.2, -0.15) is 0 Å². The molecule has 0 aromatic heterocycles. The molecule has 0 radical (unpaired) electrons. The number of anilines is 1. The van der Waals surface area contributed by atoms with E-state index < -0.39 is 0 Å². The zero-order chi connectivity index (χ0) is 15.4. The molecule has 0 aliphatic rings. The van der Waals surface area contributed by atoms with Crippen LogP contribution in [0.3, 0.4) is 0 Å². The van der Waals surface area contributed by atoms with Crippen LogP contribution in [0.25, 0.3) is 0 Å². The third-order valence-electron chi connectivity index (χ3n) is 3.37. The molecule has 2 aromatic carbocycles. The number of rotatable bonds is 3. The molecule has 4 heteroatoms. The Morgan fingerprint density at radius 2 is 1.86 bits per heavy atom. The van der Waals surface area contributed by atoms with Crippen molar-refractivity contribution in [2.24, 2.45) is 0 Å². The average molecular weight is 319 g/mol. The Bertz CT molecular complexity index is 655. The lowest BCUT2D eigenvalue weighted by molar-refractivity contribution is 0.716. The van der Waals surface area contributed by atoms with Crippen molar-refractivity contribution in [2.75, 3.05) is 5.32 Å². The van der Waals surface area contributed by atoms with Gasteiger partial charge in [-0.1, -0.05) is 47.5 Å². The minimum absolute atomic E-state index is 0.132. The van der Waals surface area contributed by atoms with Crippen molar-refractivity contribution in [3.8, 4) is 0 Å². The number of aryl methyl sites for hydroxylation is 2. The molecule has 0 heterocycles. The molecule has 2 nitrogen and oxygen atoms in total. The van der Waals surface area contributed by atoms with Crippen LogP contribution in [0.4, 0.5) is 5.69 Å². The number of hydrogen-bond donors (Lipinski definition) is 2. The number of hydrogen-bond acceptors (Lipinski definition) is 1. The minimum atomic E-state index is 0.132. The van der Waals surface area contributed by atoms with E-state index in [1.807, 2.05) is 24.3 Å². The first-order valence-corrected chi connectivity index (χ1v) is 7.65. The zero-order valence-electron chi connectivity index (χ0n) is 12.4. The molecule has 0 fully saturated rings. The monoisotopic (exact) mass is 318 g/mol. The van der Waals surface area contributed by atoms with E-state index in [0.29, 0.717) is 10.1 Å². The van der Waals surface area contributed by atoms with Gasteiger partial charge in [0.15, 0.2) is 5.11 Å². The number of benzene rings is 2. The Kier molecular flexibility index (Phi) is 5.21. The Morgan fingerprint density at radius 3 is 2.57 bits per heavy atom. The predicted octanol–water partition coefficient (Wildman–Crippen LogP) is 5.00. The highest BCUT2D eigenvalue weighted by atomic mass is 35.5. The molecular weight excluding hydrogens is 300 g/mol. The quantitative estimate of drug-likeness (QED) is 0.778. The summed E-state index contributed by atoms with van der Waals surface area (Å²) in [5.74, 6) is 0. The van der Waals surface area contributed by atoms with Crippen molar-refractivity contribution in [3.63, 3.8) is 0 Å². The molecule has 2 aromatic rings. The zero-order valence-corrected chi connectivity index (χ0v) is 14.0. The first kappa shape index (κ1) is 15.8. The maximum Gasteiger partial charge on any atom is 0.171 e. The van der Waals surface area contributed by atoms with Gasteiger partial charge in [-0.15, -0.1) is 0 Å². The molecule has 0 aliphatic heterocycles. The molecule has 21 heavy (non-hydrogen) atoms. The predicted molar refractivity (Wildman–Crippen MR) is 95.1 cm³/mol. The third kappa shape index (κ3) is 4.19. The molecule has 1 atom stereocenters. The summed E-state index contributed by atoms with van der Waals surface area (Å²) in [5, 5.41) is 7.65. The first-order chi connectivity index (χ1) is 9.97. The van der Waals surface area contributed by atoms with Crippen LogP contribution in [0.2, 0.25) is 5.02 Å². The summed E-state index contributed by atoms with van der Waals surface area (Å²) >= 11 is 11.5. The van der Waals surface area contributed by atoms with Gasteiger partial charge < -0.3 is 10.6 Å². The van der Waals surface area contributed by atoms with Gasteiger partial charge in [-0.3, -0.25) is 0 Å². The van der Waals surface area contributed by atoms with Crippen molar-refractivity contribution >= 4 is 34.6 Å². The maximum atomic E-state index is 6.12. The van der Waals surface area contributed by atoms with Gasteiger partial charge in [0.1, 0.15) is 0 Å². The van der Waals surface area contributed by atoms with Crippen LogP contribution >= 0.6 is 23.8 Å². The molecular formula is C17H19ClN2S. The molecule has 0 bridgehead atoms. The molecule has 0 saturated heterocycles. The van der Waals surface area contributed by atoms with Crippen LogP contribution in [0, 0.1) is 13.8 Å². The summed E-state index contributed by atoms with van der Waals surface area (Å²) < 4.78 is 0. The van der Waals surface area contributed by atoms with Crippen LogP contribution < -0.4 is 10.6 Å². The lowest BCUT2D eigenvalue weighted by Crippen LogP contribution is -2.31. The topological polar surface area (TPSA) is 24.1 Å². The van der Waals surface area contributed by atoms with Crippen molar-refractivity contribution in [1.82, 2.24) is 5.32 Å². The van der Waals surface area contributed by atoms with Gasteiger partial charge in [-0.25, -0.2) is 0 Å². The van der Waals surface area contributed by atoms with E-state index in [0.717, 1.165) is 5.69 Å². The Morgan fingerprint density at radius 1 is 1.14 bits per heavy atom. The summed E-state index contributed by atoms with van der Waals surface area (Å²) in [6, 6.07) is 14.1. The van der Waals surface area contributed by atoms with Crippen molar-refractivity contribution in [1.29, 1.82) is 0 Å². The normalized spacial score (nSPS) is 11.8. The highest BCUT2D eigenvalue weighted by Crippen LogP contribution is 2.22. The van der Waals surface area contributed by atoms with Gasteiger partial charge in [0.25, 0.3) is 0 Å². The van der Waals surface area contributed by atoms with E-state index in [1.165, 1.54) is 16.7 Å². The second-order valence-electron chi connectivity index (χ2n) is 5.16. The Balaban J connectivity index is 2.06. The van der Waals surface area contributed by atoms with E-state index >= 15 is 0 Å². The molecule has 0 amide bonds. The van der Waals surface area contributed by atoms with Crippen LogP contribution in [0.15, 0.2) is 42.5 Å². The highest BCUT2D eigenvalue weighted by molar-refractivity contribution is 7.80. The molecule has 110 valence electrons. The third-order valence-corrected chi connectivity index (χ3v) is 3.92. The standard InChI is InChI=1S/C17H19ClN2S/c1-11-8-9-12(2)14(10-11)13(3)19-17(21)20-16-7-5-4-6-15(16)18/h4-10,13H,1-3H3,(H2,19,20,21). The maximum absolute atomic E-state index is 6.12. The van der Waals surface area contributed by atoms with E-state index in [-0.39, 0.29) is 6.04 Å². The van der Waals surface area contributed by atoms with Gasteiger partial charge in [0, 0.05) is 0 Å². The fraction of sp³-hybridized carbons (Fsp3) is 0.235. The largest absolute Gasteiger partial charge is 0.356 e. The number of thiocarbonyl (C=S) groups is 1. The molecule has 0 aliphatic carbocycles. The minimum Gasteiger partial charge on any atom is -0.356 e. The van der Waals surface area contributed by atoms with Gasteiger partial charge in [-0.05, 0) is 56.2 Å². The average Bonchev–Trinajstić information content (AvgIpc) is 2.44. The summed E-state index contributed by atoms with van der Waals surface area (Å²) in [7, 11) is 0. The smallest absolute Gasteiger partial charge is 0.171 e. The summed E-state index contributed by atoms with van der Waals surface area (Å²) in [6.45, 7) is 6.30. The lowest BCUT2D eigenvalue weighted by Gasteiger charge is -2.20. The summed E-state index contributed by atoms with van der Waals surface area (Å²) in [5.41, 5.74) is 4.55. The van der Waals surface area contributed by atoms with Crippen molar-refractivity contribution in [2.45, 2.75) is 26.8 Å².